The van der Waals surface area contributed by atoms with Gasteiger partial charge < -0.3 is 11.1 Å². The molecule has 4 nitrogen and oxygen atoms in total. The third-order valence-corrected chi connectivity index (χ3v) is 5.58. The average Bonchev–Trinajstić information content (AvgIpc) is 2.91. The van der Waals surface area contributed by atoms with Crippen molar-refractivity contribution in [2.24, 2.45) is 5.73 Å². The van der Waals surface area contributed by atoms with Crippen molar-refractivity contribution in [2.75, 3.05) is 5.32 Å². The van der Waals surface area contributed by atoms with Gasteiger partial charge in [-0.2, -0.15) is 0 Å². The summed E-state index contributed by atoms with van der Waals surface area (Å²) >= 11 is 7.44. The fourth-order valence-corrected chi connectivity index (χ4v) is 4.17. The van der Waals surface area contributed by atoms with E-state index in [2.05, 4.69) is 5.32 Å². The van der Waals surface area contributed by atoms with Crippen LogP contribution in [0.1, 0.15) is 36.7 Å². The highest BCUT2D eigenvalue weighted by Crippen LogP contribution is 2.35. The van der Waals surface area contributed by atoms with Crippen molar-refractivity contribution < 1.29 is 9.59 Å². The number of thiophene rings is 1. The molecule has 0 aliphatic carbocycles. The summed E-state index contributed by atoms with van der Waals surface area (Å²) in [5, 5.41) is 3.59. The number of primary amides is 1. The molecule has 0 saturated carbocycles. The maximum absolute atomic E-state index is 12.5. The van der Waals surface area contributed by atoms with E-state index in [-0.39, 0.29) is 5.91 Å². The van der Waals surface area contributed by atoms with E-state index in [4.69, 9.17) is 17.3 Å². The molecule has 0 spiro atoms. The van der Waals surface area contributed by atoms with Crippen LogP contribution in [0.3, 0.4) is 0 Å². The van der Waals surface area contributed by atoms with Gasteiger partial charge in [-0.1, -0.05) is 54.1 Å². The van der Waals surface area contributed by atoms with E-state index in [1.807, 2.05) is 37.3 Å². The number of hydrogen-bond acceptors (Lipinski definition) is 3. The largest absolute Gasteiger partial charge is 0.365 e. The maximum atomic E-state index is 12.5. The number of amides is 2. The Morgan fingerprint density at radius 2 is 1.73 bits per heavy atom. The van der Waals surface area contributed by atoms with Gasteiger partial charge in [0.25, 0.3) is 11.8 Å². The van der Waals surface area contributed by atoms with Gasteiger partial charge in [-0.3, -0.25) is 9.59 Å². The molecule has 0 radical (unpaired) electrons. The Morgan fingerprint density at radius 3 is 2.38 bits per heavy atom. The maximum Gasteiger partial charge on any atom is 0.257 e. The molecule has 0 saturated heterocycles. The number of anilines is 1. The molecule has 2 aromatic carbocycles. The molecule has 0 atom stereocenters. The molecule has 0 aliphatic rings. The first-order chi connectivity index (χ1) is 12.5. The third-order valence-electron chi connectivity index (χ3n) is 4.05. The van der Waals surface area contributed by atoms with Gasteiger partial charge >= 0.3 is 0 Å². The number of carbonyl (C=O) groups is 2. The van der Waals surface area contributed by atoms with Crippen molar-refractivity contribution in [2.45, 2.75) is 13.3 Å². The molecule has 2 amide bonds. The number of hydrogen-bond donors (Lipinski definition) is 2. The van der Waals surface area contributed by atoms with Crippen LogP contribution in [0.25, 0.3) is 0 Å². The van der Waals surface area contributed by atoms with Crippen molar-refractivity contribution in [3.8, 4) is 0 Å². The van der Waals surface area contributed by atoms with Crippen molar-refractivity contribution in [1.82, 2.24) is 0 Å². The Kier molecular flexibility index (Phi) is 5.40. The molecule has 26 heavy (non-hydrogen) atoms. The second-order valence-corrected chi connectivity index (χ2v) is 7.33. The zero-order chi connectivity index (χ0) is 18.7. The monoisotopic (exact) mass is 384 g/mol. The van der Waals surface area contributed by atoms with Gasteiger partial charge in [-0.05, 0) is 30.2 Å². The normalized spacial score (nSPS) is 10.5. The molecular weight excluding hydrogens is 368 g/mol. The van der Waals surface area contributed by atoms with Gasteiger partial charge in [0.1, 0.15) is 5.00 Å². The Morgan fingerprint density at radius 1 is 1.08 bits per heavy atom. The molecule has 1 aromatic heterocycles. The molecule has 3 aromatic rings. The van der Waals surface area contributed by atoms with Crippen molar-refractivity contribution >= 4 is 39.8 Å². The van der Waals surface area contributed by atoms with E-state index in [0.717, 1.165) is 16.0 Å². The lowest BCUT2D eigenvalue weighted by Gasteiger charge is -2.06. The quantitative estimate of drug-likeness (QED) is 0.671. The minimum absolute atomic E-state index is 0.347. The van der Waals surface area contributed by atoms with Crippen LogP contribution in [0.15, 0.2) is 54.6 Å². The van der Waals surface area contributed by atoms with E-state index in [1.54, 1.807) is 24.3 Å². The lowest BCUT2D eigenvalue weighted by molar-refractivity contribution is 0.100. The smallest absolute Gasteiger partial charge is 0.257 e. The standard InChI is InChI=1S/C20H17ClN2O2S/c1-12-16(11-13-7-3-2-4-8-13)26-20(17(12)18(22)24)23-19(25)14-9-5-6-10-15(14)21/h2-10H,11H2,1H3,(H2,22,24)(H,23,25). The van der Waals surface area contributed by atoms with Crippen LogP contribution in [-0.2, 0) is 6.42 Å². The Labute approximate surface area is 160 Å². The highest BCUT2D eigenvalue weighted by Gasteiger charge is 2.22. The van der Waals surface area contributed by atoms with Crippen LogP contribution in [0.4, 0.5) is 5.00 Å². The summed E-state index contributed by atoms with van der Waals surface area (Å²) in [4.78, 5) is 25.5. The number of nitrogens with one attached hydrogen (secondary N) is 1. The van der Waals surface area contributed by atoms with Crippen molar-refractivity contribution in [1.29, 1.82) is 0 Å². The highest BCUT2D eigenvalue weighted by atomic mass is 35.5. The fourth-order valence-electron chi connectivity index (χ4n) is 2.71. The third kappa shape index (κ3) is 3.79. The van der Waals surface area contributed by atoms with E-state index >= 15 is 0 Å². The minimum Gasteiger partial charge on any atom is -0.365 e. The summed E-state index contributed by atoms with van der Waals surface area (Å²) in [5.74, 6) is -0.932. The highest BCUT2D eigenvalue weighted by molar-refractivity contribution is 7.17. The van der Waals surface area contributed by atoms with Crippen LogP contribution in [0, 0.1) is 6.92 Å². The molecule has 0 fully saturated rings. The first-order valence-corrected chi connectivity index (χ1v) is 9.18. The van der Waals surface area contributed by atoms with Gasteiger partial charge in [0, 0.05) is 11.3 Å². The van der Waals surface area contributed by atoms with Crippen LogP contribution < -0.4 is 11.1 Å². The zero-order valence-corrected chi connectivity index (χ0v) is 15.7. The molecule has 0 unspecified atom stereocenters. The number of nitrogens with two attached hydrogens (primary N) is 1. The molecule has 6 heteroatoms. The van der Waals surface area contributed by atoms with Gasteiger partial charge in [0.15, 0.2) is 0 Å². The van der Waals surface area contributed by atoms with Gasteiger partial charge in [0.05, 0.1) is 16.1 Å². The summed E-state index contributed by atoms with van der Waals surface area (Å²) in [6, 6.07) is 16.7. The predicted molar refractivity (Wildman–Crippen MR) is 106 cm³/mol. The van der Waals surface area contributed by atoms with E-state index in [0.29, 0.717) is 27.6 Å². The van der Waals surface area contributed by atoms with E-state index in [9.17, 15) is 9.59 Å². The topological polar surface area (TPSA) is 72.2 Å². The number of halogens is 1. The second-order valence-electron chi connectivity index (χ2n) is 5.81. The SMILES string of the molecule is Cc1c(Cc2ccccc2)sc(NC(=O)c2ccccc2Cl)c1C(N)=O. The molecule has 132 valence electrons. The van der Waals surface area contributed by atoms with Crippen molar-refractivity contribution in [3.05, 3.63) is 86.8 Å². The number of rotatable bonds is 5. The second kappa shape index (κ2) is 7.72. The Bertz CT molecular complexity index is 967. The lowest BCUT2D eigenvalue weighted by Crippen LogP contribution is -2.17. The molecular formula is C20H17ClN2O2S. The van der Waals surface area contributed by atoms with E-state index < -0.39 is 5.91 Å². The summed E-state index contributed by atoms with van der Waals surface area (Å²) in [6.45, 7) is 1.85. The number of carbonyl (C=O) groups excluding carboxylic acids is 2. The van der Waals surface area contributed by atoms with Crippen LogP contribution in [-0.4, -0.2) is 11.8 Å². The zero-order valence-electron chi connectivity index (χ0n) is 14.1. The minimum atomic E-state index is -0.562. The van der Waals surface area contributed by atoms with Gasteiger partial charge in [-0.25, -0.2) is 0 Å². The van der Waals surface area contributed by atoms with Crippen LogP contribution in [0.2, 0.25) is 5.02 Å². The van der Waals surface area contributed by atoms with Gasteiger partial charge in [-0.15, -0.1) is 11.3 Å². The summed E-state index contributed by atoms with van der Waals surface area (Å²) in [6.07, 6.45) is 0.666. The summed E-state index contributed by atoms with van der Waals surface area (Å²) in [7, 11) is 0. The van der Waals surface area contributed by atoms with E-state index in [1.165, 1.54) is 11.3 Å². The van der Waals surface area contributed by atoms with Gasteiger partial charge in [0.2, 0.25) is 0 Å². The lowest BCUT2D eigenvalue weighted by atomic mass is 10.1. The first-order valence-electron chi connectivity index (χ1n) is 7.99. The summed E-state index contributed by atoms with van der Waals surface area (Å²) < 4.78 is 0. The molecule has 1 heterocycles. The Hall–Kier alpha value is -2.63. The molecule has 0 bridgehead atoms. The average molecular weight is 385 g/mol. The van der Waals surface area contributed by atoms with Crippen molar-refractivity contribution in [3.63, 3.8) is 0 Å². The van der Waals surface area contributed by atoms with Crippen LogP contribution >= 0.6 is 22.9 Å². The number of benzene rings is 2. The first kappa shape index (κ1) is 18.2. The Balaban J connectivity index is 1.94. The molecule has 0 aliphatic heterocycles. The molecule has 3 rings (SSSR count). The fraction of sp³-hybridized carbons (Fsp3) is 0.100. The summed E-state index contributed by atoms with van der Waals surface area (Å²) in [5.41, 5.74) is 8.17. The van der Waals surface area contributed by atoms with Crippen LogP contribution in [0.5, 0.6) is 0 Å². The molecule has 3 N–H and O–H groups in total. The predicted octanol–water partition coefficient (Wildman–Crippen LogP) is 4.65.